The molecule has 0 spiro atoms. The Bertz CT molecular complexity index is 1100. The van der Waals surface area contributed by atoms with Gasteiger partial charge in [0, 0.05) is 23.4 Å². The molecule has 0 N–H and O–H groups in total. The number of hydrogen-bond acceptors (Lipinski definition) is 6. The lowest BCUT2D eigenvalue weighted by atomic mass is 10.0. The lowest BCUT2D eigenvalue weighted by Gasteiger charge is -2.11. The van der Waals surface area contributed by atoms with E-state index in [9.17, 15) is 9.59 Å². The van der Waals surface area contributed by atoms with E-state index in [2.05, 4.69) is 0 Å². The van der Waals surface area contributed by atoms with E-state index < -0.39 is 5.63 Å². The maximum absolute atomic E-state index is 12.2. The van der Waals surface area contributed by atoms with Crippen LogP contribution in [0.1, 0.15) is 28.7 Å². The highest BCUT2D eigenvalue weighted by molar-refractivity contribution is 5.84. The fourth-order valence-corrected chi connectivity index (χ4v) is 3.16. The first-order valence-corrected chi connectivity index (χ1v) is 9.32. The summed E-state index contributed by atoms with van der Waals surface area (Å²) in [5, 5.41) is 0.778. The van der Waals surface area contributed by atoms with Gasteiger partial charge in [0.25, 0.3) is 0 Å². The van der Waals surface area contributed by atoms with Crippen LogP contribution in [0, 0.1) is 13.8 Å². The fraction of sp³-hybridized carbons (Fsp3) is 0.304. The maximum atomic E-state index is 12.2. The summed E-state index contributed by atoms with van der Waals surface area (Å²) in [7, 11) is 3.14. The Hall–Kier alpha value is -3.28. The highest BCUT2D eigenvalue weighted by Crippen LogP contribution is 2.28. The topological polar surface area (TPSA) is 75.0 Å². The Balaban J connectivity index is 1.67. The standard InChI is InChI=1S/C23H24O6/c1-14-5-8-18-17(12-22(25)29-23(18)15(14)2)13-28-21(24)10-7-16-6-9-19(26-3)20(11-16)27-4/h5-6,8-9,11-12H,7,10,13H2,1-4H3. The molecule has 0 radical (unpaired) electrons. The third kappa shape index (κ3) is 4.59. The monoisotopic (exact) mass is 396 g/mol. The third-order valence-electron chi connectivity index (χ3n) is 4.97. The van der Waals surface area contributed by atoms with E-state index in [1.54, 1.807) is 20.3 Å². The van der Waals surface area contributed by atoms with Crippen LogP contribution in [0.15, 0.2) is 45.6 Å². The van der Waals surface area contributed by atoms with Crippen LogP contribution in [0.2, 0.25) is 0 Å². The Labute approximate surface area is 169 Å². The Morgan fingerprint density at radius 3 is 2.48 bits per heavy atom. The molecule has 1 aromatic heterocycles. The van der Waals surface area contributed by atoms with Crippen molar-refractivity contribution in [2.45, 2.75) is 33.3 Å². The molecule has 152 valence electrons. The predicted octanol–water partition coefficient (Wildman–Crippen LogP) is 4.10. The smallest absolute Gasteiger partial charge is 0.336 e. The van der Waals surface area contributed by atoms with E-state index in [0.29, 0.717) is 29.1 Å². The Morgan fingerprint density at radius 1 is 1.00 bits per heavy atom. The van der Waals surface area contributed by atoms with Gasteiger partial charge < -0.3 is 18.6 Å². The number of fused-ring (bicyclic) bond motifs is 1. The minimum Gasteiger partial charge on any atom is -0.493 e. The van der Waals surface area contributed by atoms with Crippen LogP contribution in [0.4, 0.5) is 0 Å². The average Bonchev–Trinajstić information content (AvgIpc) is 2.73. The normalized spacial score (nSPS) is 10.8. The van der Waals surface area contributed by atoms with E-state index in [0.717, 1.165) is 22.1 Å². The second kappa shape index (κ2) is 8.82. The van der Waals surface area contributed by atoms with Gasteiger partial charge in [0.1, 0.15) is 12.2 Å². The number of carbonyl (C=O) groups is 1. The molecule has 0 amide bonds. The highest BCUT2D eigenvalue weighted by atomic mass is 16.5. The molecule has 6 heteroatoms. The minimum absolute atomic E-state index is 0.0232. The zero-order chi connectivity index (χ0) is 21.0. The molecular weight excluding hydrogens is 372 g/mol. The van der Waals surface area contributed by atoms with E-state index in [-0.39, 0.29) is 19.0 Å². The van der Waals surface area contributed by atoms with Gasteiger partial charge in [0.05, 0.1) is 14.2 Å². The van der Waals surface area contributed by atoms with Crippen LogP contribution in [0.25, 0.3) is 11.0 Å². The van der Waals surface area contributed by atoms with Crippen molar-refractivity contribution in [2.75, 3.05) is 14.2 Å². The summed E-state index contributed by atoms with van der Waals surface area (Å²) in [6, 6.07) is 10.7. The second-order valence-electron chi connectivity index (χ2n) is 6.82. The van der Waals surface area contributed by atoms with Crippen LogP contribution >= 0.6 is 0 Å². The van der Waals surface area contributed by atoms with Gasteiger partial charge in [-0.3, -0.25) is 4.79 Å². The van der Waals surface area contributed by atoms with Crippen LogP contribution in [0.5, 0.6) is 11.5 Å². The molecule has 0 saturated heterocycles. The SMILES string of the molecule is COc1ccc(CCC(=O)OCc2cc(=O)oc3c(C)c(C)ccc23)cc1OC. The molecule has 6 nitrogen and oxygen atoms in total. The molecule has 3 aromatic rings. The summed E-state index contributed by atoms with van der Waals surface area (Å²) >= 11 is 0. The van der Waals surface area contributed by atoms with Crippen molar-refractivity contribution < 1.29 is 23.4 Å². The minimum atomic E-state index is -0.456. The quantitative estimate of drug-likeness (QED) is 0.442. The van der Waals surface area contributed by atoms with Gasteiger partial charge in [-0.1, -0.05) is 18.2 Å². The van der Waals surface area contributed by atoms with Gasteiger partial charge >= 0.3 is 11.6 Å². The van der Waals surface area contributed by atoms with Gasteiger partial charge in [-0.15, -0.1) is 0 Å². The fourth-order valence-electron chi connectivity index (χ4n) is 3.16. The van der Waals surface area contributed by atoms with Crippen molar-refractivity contribution in [1.82, 2.24) is 0 Å². The summed E-state index contributed by atoms with van der Waals surface area (Å²) in [5.41, 5.74) is 3.60. The number of aryl methyl sites for hydroxylation is 3. The summed E-state index contributed by atoms with van der Waals surface area (Å²) in [5.74, 6) is 0.913. The molecule has 2 aromatic carbocycles. The molecule has 1 heterocycles. The van der Waals surface area contributed by atoms with Crippen molar-refractivity contribution in [2.24, 2.45) is 0 Å². The summed E-state index contributed by atoms with van der Waals surface area (Å²) in [6.45, 7) is 3.88. The molecule has 3 rings (SSSR count). The predicted molar refractivity (Wildman–Crippen MR) is 110 cm³/mol. The molecule has 0 atom stereocenters. The largest absolute Gasteiger partial charge is 0.493 e. The first-order valence-electron chi connectivity index (χ1n) is 9.32. The molecule has 0 aliphatic heterocycles. The Kier molecular flexibility index (Phi) is 6.22. The zero-order valence-electron chi connectivity index (χ0n) is 17.0. The van der Waals surface area contributed by atoms with Gasteiger partial charge in [-0.2, -0.15) is 0 Å². The molecule has 0 aliphatic rings. The number of esters is 1. The number of methoxy groups -OCH3 is 2. The lowest BCUT2D eigenvalue weighted by molar-refractivity contribution is -0.144. The van der Waals surface area contributed by atoms with E-state index in [1.165, 1.54) is 6.07 Å². The number of carbonyl (C=O) groups excluding carboxylic acids is 1. The van der Waals surface area contributed by atoms with Gasteiger partial charge in [-0.05, 0) is 49.1 Å². The van der Waals surface area contributed by atoms with Crippen molar-refractivity contribution in [3.8, 4) is 11.5 Å². The summed E-state index contributed by atoms with van der Waals surface area (Å²) in [6.07, 6.45) is 0.724. The number of benzene rings is 2. The first kappa shape index (κ1) is 20.5. The molecular formula is C23H24O6. The van der Waals surface area contributed by atoms with Gasteiger partial charge in [0.15, 0.2) is 11.5 Å². The van der Waals surface area contributed by atoms with E-state index in [1.807, 2.05) is 38.1 Å². The van der Waals surface area contributed by atoms with Crippen molar-refractivity contribution in [3.63, 3.8) is 0 Å². The maximum Gasteiger partial charge on any atom is 0.336 e. The van der Waals surface area contributed by atoms with Crippen LogP contribution in [-0.4, -0.2) is 20.2 Å². The van der Waals surface area contributed by atoms with Gasteiger partial charge in [-0.25, -0.2) is 4.79 Å². The molecule has 0 unspecified atom stereocenters. The molecule has 0 bridgehead atoms. The number of rotatable bonds is 7. The summed E-state index contributed by atoms with van der Waals surface area (Å²) < 4.78 is 21.3. The van der Waals surface area contributed by atoms with Crippen LogP contribution in [0.3, 0.4) is 0 Å². The Morgan fingerprint density at radius 2 is 1.76 bits per heavy atom. The third-order valence-corrected chi connectivity index (χ3v) is 4.97. The van der Waals surface area contributed by atoms with Crippen molar-refractivity contribution in [3.05, 3.63) is 69.1 Å². The van der Waals surface area contributed by atoms with E-state index in [4.69, 9.17) is 18.6 Å². The highest BCUT2D eigenvalue weighted by Gasteiger charge is 2.12. The van der Waals surface area contributed by atoms with Crippen molar-refractivity contribution >= 4 is 16.9 Å². The number of hydrogen-bond donors (Lipinski definition) is 0. The first-order chi connectivity index (χ1) is 13.9. The molecule has 0 saturated carbocycles. The molecule has 0 aliphatic carbocycles. The van der Waals surface area contributed by atoms with E-state index >= 15 is 0 Å². The number of ether oxygens (including phenoxy) is 3. The second-order valence-corrected chi connectivity index (χ2v) is 6.82. The van der Waals surface area contributed by atoms with Gasteiger partial charge in [0.2, 0.25) is 0 Å². The summed E-state index contributed by atoms with van der Waals surface area (Å²) in [4.78, 5) is 24.1. The molecule has 0 fully saturated rings. The zero-order valence-corrected chi connectivity index (χ0v) is 17.0. The average molecular weight is 396 g/mol. The van der Waals surface area contributed by atoms with Crippen LogP contribution < -0.4 is 15.1 Å². The van der Waals surface area contributed by atoms with Crippen molar-refractivity contribution in [1.29, 1.82) is 0 Å². The molecule has 29 heavy (non-hydrogen) atoms. The lowest BCUT2D eigenvalue weighted by Crippen LogP contribution is -2.09. The van der Waals surface area contributed by atoms with Crippen LogP contribution in [-0.2, 0) is 22.6 Å².